The number of pyridine rings is 1. The van der Waals surface area contributed by atoms with Crippen molar-refractivity contribution in [2.45, 2.75) is 13.1 Å². The third-order valence-corrected chi connectivity index (χ3v) is 4.44. The number of carbonyl (C=O) groups excluding carboxylic acids is 2. The number of nitrogen functional groups attached to an aromatic ring is 1. The molecule has 1 aromatic heterocycles. The van der Waals surface area contributed by atoms with Gasteiger partial charge in [0.05, 0.1) is 23.9 Å². The van der Waals surface area contributed by atoms with Gasteiger partial charge in [-0.1, -0.05) is 18.2 Å². The van der Waals surface area contributed by atoms with E-state index in [2.05, 4.69) is 4.74 Å². The first-order chi connectivity index (χ1) is 13.6. The Bertz CT molecular complexity index is 1210. The average Bonchev–Trinajstić information content (AvgIpc) is 2.67. The quantitative estimate of drug-likeness (QED) is 0.532. The van der Waals surface area contributed by atoms with Gasteiger partial charge in [-0.25, -0.2) is 4.79 Å². The molecule has 0 saturated carbocycles. The summed E-state index contributed by atoms with van der Waals surface area (Å²) in [5, 5.41) is 0.0613. The van der Waals surface area contributed by atoms with Crippen LogP contribution < -0.4 is 11.3 Å². The van der Waals surface area contributed by atoms with Crippen LogP contribution in [0, 0.1) is 0 Å². The SMILES string of the molecule is COC(=O)c1c(N)c2ccc(C(F)(F)F)cc2n(-c2cccc(C(C)=O)c2)c1=O. The molecule has 2 N–H and O–H groups in total. The van der Waals surface area contributed by atoms with Crippen molar-refractivity contribution in [1.29, 1.82) is 0 Å². The summed E-state index contributed by atoms with van der Waals surface area (Å²) >= 11 is 0. The van der Waals surface area contributed by atoms with Gasteiger partial charge in [-0.15, -0.1) is 0 Å². The molecular weight excluding hydrogens is 389 g/mol. The highest BCUT2D eigenvalue weighted by atomic mass is 19.4. The fourth-order valence-electron chi connectivity index (χ4n) is 3.01. The Hall–Kier alpha value is -3.62. The molecule has 3 aromatic rings. The van der Waals surface area contributed by atoms with Crippen molar-refractivity contribution in [3.05, 3.63) is 69.5 Å². The summed E-state index contributed by atoms with van der Waals surface area (Å²) in [5.74, 6) is -1.32. The Kier molecular flexibility index (Phi) is 4.91. The van der Waals surface area contributed by atoms with E-state index in [1.807, 2.05) is 0 Å². The van der Waals surface area contributed by atoms with Gasteiger partial charge in [0.1, 0.15) is 5.56 Å². The van der Waals surface area contributed by atoms with Crippen molar-refractivity contribution in [3.63, 3.8) is 0 Å². The Morgan fingerprint density at radius 2 is 1.79 bits per heavy atom. The Morgan fingerprint density at radius 3 is 2.38 bits per heavy atom. The van der Waals surface area contributed by atoms with E-state index in [1.165, 1.54) is 31.2 Å². The third kappa shape index (κ3) is 3.46. The van der Waals surface area contributed by atoms with Crippen LogP contribution in [0.3, 0.4) is 0 Å². The molecule has 1 heterocycles. The first-order valence-corrected chi connectivity index (χ1v) is 8.31. The van der Waals surface area contributed by atoms with Crippen molar-refractivity contribution in [1.82, 2.24) is 4.57 Å². The van der Waals surface area contributed by atoms with Gasteiger partial charge in [-0.05, 0) is 31.2 Å². The zero-order chi connectivity index (χ0) is 21.5. The van der Waals surface area contributed by atoms with Crippen LogP contribution in [0.2, 0.25) is 0 Å². The number of methoxy groups -OCH3 is 1. The summed E-state index contributed by atoms with van der Waals surface area (Å²) < 4.78 is 45.3. The molecule has 0 saturated heterocycles. The molecule has 0 unspecified atom stereocenters. The highest BCUT2D eigenvalue weighted by Crippen LogP contribution is 2.34. The predicted molar refractivity (Wildman–Crippen MR) is 100 cm³/mol. The Balaban J connectivity index is 2.51. The molecule has 0 atom stereocenters. The van der Waals surface area contributed by atoms with E-state index in [0.717, 1.165) is 29.9 Å². The molecule has 2 aromatic carbocycles. The summed E-state index contributed by atoms with van der Waals surface area (Å²) in [4.78, 5) is 36.9. The molecule has 0 spiro atoms. The zero-order valence-corrected chi connectivity index (χ0v) is 15.3. The number of nitrogens with two attached hydrogens (primary N) is 1. The fourth-order valence-corrected chi connectivity index (χ4v) is 3.01. The number of anilines is 1. The maximum Gasteiger partial charge on any atom is 0.416 e. The zero-order valence-electron chi connectivity index (χ0n) is 15.3. The van der Waals surface area contributed by atoms with E-state index < -0.39 is 28.8 Å². The lowest BCUT2D eigenvalue weighted by Gasteiger charge is -2.17. The number of halogens is 3. The number of rotatable bonds is 3. The van der Waals surface area contributed by atoms with Crippen LogP contribution in [0.25, 0.3) is 16.6 Å². The van der Waals surface area contributed by atoms with Gasteiger partial charge >= 0.3 is 12.1 Å². The third-order valence-electron chi connectivity index (χ3n) is 4.44. The minimum atomic E-state index is -4.66. The number of aromatic nitrogens is 1. The Morgan fingerprint density at radius 1 is 1.10 bits per heavy atom. The molecule has 6 nitrogen and oxygen atoms in total. The lowest BCUT2D eigenvalue weighted by Crippen LogP contribution is -2.28. The fraction of sp³-hybridized carbons (Fsp3) is 0.150. The number of Topliss-reactive ketones (excluding diaryl/α,β-unsaturated/α-hetero) is 1. The minimum Gasteiger partial charge on any atom is -0.465 e. The number of esters is 1. The summed E-state index contributed by atoms with van der Waals surface area (Å²) in [6, 6.07) is 8.43. The smallest absolute Gasteiger partial charge is 0.416 e. The van der Waals surface area contributed by atoms with Crippen LogP contribution in [0.5, 0.6) is 0 Å². The molecule has 0 aliphatic heterocycles. The van der Waals surface area contributed by atoms with Crippen molar-refractivity contribution in [2.24, 2.45) is 0 Å². The molecular formula is C20H15F3N2O4. The number of nitrogens with zero attached hydrogens (tertiary/aromatic N) is 1. The van der Waals surface area contributed by atoms with E-state index in [0.29, 0.717) is 0 Å². The first kappa shape index (κ1) is 20.1. The van der Waals surface area contributed by atoms with Gasteiger partial charge in [0.2, 0.25) is 0 Å². The Labute approximate surface area is 162 Å². The monoisotopic (exact) mass is 404 g/mol. The summed E-state index contributed by atoms with van der Waals surface area (Å²) in [5.41, 5.74) is 3.38. The van der Waals surface area contributed by atoms with Crippen LogP contribution in [0.4, 0.5) is 18.9 Å². The molecule has 0 bridgehead atoms. The van der Waals surface area contributed by atoms with E-state index in [9.17, 15) is 27.6 Å². The molecule has 150 valence electrons. The second kappa shape index (κ2) is 7.08. The number of alkyl halides is 3. The summed E-state index contributed by atoms with van der Waals surface area (Å²) in [7, 11) is 1.05. The predicted octanol–water partition coefficient (Wildman–Crippen LogP) is 3.58. The number of ether oxygens (including phenoxy) is 1. The van der Waals surface area contributed by atoms with Crippen molar-refractivity contribution in [3.8, 4) is 5.69 Å². The number of hydrogen-bond acceptors (Lipinski definition) is 5. The second-order valence-corrected chi connectivity index (χ2v) is 6.26. The molecule has 3 rings (SSSR count). The number of hydrogen-bond donors (Lipinski definition) is 1. The van der Waals surface area contributed by atoms with Gasteiger partial charge in [0, 0.05) is 16.6 Å². The average molecular weight is 404 g/mol. The molecule has 9 heteroatoms. The van der Waals surface area contributed by atoms with Gasteiger partial charge in [-0.3, -0.25) is 14.2 Å². The number of carbonyl (C=O) groups is 2. The van der Waals surface area contributed by atoms with E-state index in [1.54, 1.807) is 0 Å². The van der Waals surface area contributed by atoms with Gasteiger partial charge in [0.25, 0.3) is 5.56 Å². The molecule has 0 aliphatic rings. The summed E-state index contributed by atoms with van der Waals surface area (Å²) in [6.07, 6.45) is -4.66. The van der Waals surface area contributed by atoms with Gasteiger partial charge in [0.15, 0.2) is 5.78 Å². The van der Waals surface area contributed by atoms with E-state index in [4.69, 9.17) is 5.73 Å². The number of ketones is 1. The van der Waals surface area contributed by atoms with Crippen LogP contribution in [0.15, 0.2) is 47.3 Å². The topological polar surface area (TPSA) is 91.4 Å². The molecule has 29 heavy (non-hydrogen) atoms. The second-order valence-electron chi connectivity index (χ2n) is 6.26. The molecule has 0 radical (unpaired) electrons. The summed E-state index contributed by atoms with van der Waals surface area (Å²) in [6.45, 7) is 1.31. The van der Waals surface area contributed by atoms with Crippen LogP contribution in [0.1, 0.15) is 33.2 Å². The first-order valence-electron chi connectivity index (χ1n) is 8.31. The number of fused-ring (bicyclic) bond motifs is 1. The maximum atomic E-state index is 13.2. The highest BCUT2D eigenvalue weighted by molar-refractivity contribution is 6.04. The van der Waals surface area contributed by atoms with Gasteiger partial charge in [-0.2, -0.15) is 13.2 Å². The van der Waals surface area contributed by atoms with E-state index >= 15 is 0 Å². The molecule has 0 aliphatic carbocycles. The van der Waals surface area contributed by atoms with Crippen LogP contribution >= 0.6 is 0 Å². The molecule has 0 fully saturated rings. The lowest BCUT2D eigenvalue weighted by molar-refractivity contribution is -0.137. The van der Waals surface area contributed by atoms with Crippen LogP contribution in [-0.4, -0.2) is 23.4 Å². The highest BCUT2D eigenvalue weighted by Gasteiger charge is 2.32. The standard InChI is InChI=1S/C20H15F3N2O4/c1-10(26)11-4-3-5-13(8-11)25-15-9-12(20(21,22)23)6-7-14(15)17(24)16(18(25)27)19(28)29-2/h3-9H,24H2,1-2H3. The van der Waals surface area contributed by atoms with Crippen molar-refractivity contribution >= 4 is 28.3 Å². The van der Waals surface area contributed by atoms with E-state index in [-0.39, 0.29) is 33.6 Å². The van der Waals surface area contributed by atoms with Crippen molar-refractivity contribution < 1.29 is 27.5 Å². The largest absolute Gasteiger partial charge is 0.465 e. The van der Waals surface area contributed by atoms with Crippen molar-refractivity contribution in [2.75, 3.05) is 12.8 Å². The van der Waals surface area contributed by atoms with Crippen LogP contribution in [-0.2, 0) is 10.9 Å². The lowest BCUT2D eigenvalue weighted by atomic mass is 10.0. The minimum absolute atomic E-state index is 0.0613. The van der Waals surface area contributed by atoms with Gasteiger partial charge < -0.3 is 10.5 Å². The molecule has 0 amide bonds. The normalized spacial score (nSPS) is 11.5. The number of benzene rings is 2. The maximum absolute atomic E-state index is 13.2.